The molecule has 1 aromatic carbocycles. The van der Waals surface area contributed by atoms with Gasteiger partial charge < -0.3 is 9.84 Å². The third-order valence-corrected chi connectivity index (χ3v) is 2.78. The number of halogens is 2. The highest BCUT2D eigenvalue weighted by Gasteiger charge is 2.23. The van der Waals surface area contributed by atoms with Gasteiger partial charge in [-0.05, 0) is 26.0 Å². The Bertz CT molecular complexity index is 357. The first-order valence-corrected chi connectivity index (χ1v) is 5.52. The summed E-state index contributed by atoms with van der Waals surface area (Å²) in [4.78, 5) is 0. The van der Waals surface area contributed by atoms with Crippen LogP contribution in [0.1, 0.15) is 25.8 Å². The number of hydrogen-bond donors (Lipinski definition) is 1. The highest BCUT2D eigenvalue weighted by atomic mass is 19.1. The lowest BCUT2D eigenvalue weighted by molar-refractivity contribution is -0.0194. The molecule has 0 spiro atoms. The van der Waals surface area contributed by atoms with E-state index in [-0.39, 0.29) is 12.0 Å². The van der Waals surface area contributed by atoms with Crippen LogP contribution in [0.15, 0.2) is 18.2 Å². The summed E-state index contributed by atoms with van der Waals surface area (Å²) in [6.07, 6.45) is -0.570. The molecule has 1 N–H and O–H groups in total. The molecule has 0 heterocycles. The Morgan fingerprint density at radius 1 is 1.29 bits per heavy atom. The van der Waals surface area contributed by atoms with Crippen molar-refractivity contribution in [1.82, 2.24) is 0 Å². The van der Waals surface area contributed by atoms with Crippen molar-refractivity contribution in [2.45, 2.75) is 38.4 Å². The number of rotatable bonds is 5. The van der Waals surface area contributed by atoms with E-state index < -0.39 is 23.3 Å². The van der Waals surface area contributed by atoms with Crippen molar-refractivity contribution in [3.8, 4) is 0 Å². The molecule has 96 valence electrons. The molecule has 0 radical (unpaired) electrons. The molecule has 1 aromatic rings. The first kappa shape index (κ1) is 14.1. The van der Waals surface area contributed by atoms with Gasteiger partial charge in [-0.15, -0.1) is 0 Å². The van der Waals surface area contributed by atoms with Crippen molar-refractivity contribution in [2.75, 3.05) is 7.11 Å². The molecule has 1 rings (SSSR count). The largest absolute Gasteiger partial charge is 0.393 e. The van der Waals surface area contributed by atoms with Crippen molar-refractivity contribution < 1.29 is 18.6 Å². The number of benzene rings is 1. The molecule has 0 saturated heterocycles. The van der Waals surface area contributed by atoms with Gasteiger partial charge in [0.25, 0.3) is 0 Å². The molecule has 0 saturated carbocycles. The average Bonchev–Trinajstić information content (AvgIpc) is 2.23. The van der Waals surface area contributed by atoms with E-state index in [0.29, 0.717) is 6.42 Å². The van der Waals surface area contributed by atoms with Crippen molar-refractivity contribution in [2.24, 2.45) is 0 Å². The average molecular weight is 244 g/mol. The van der Waals surface area contributed by atoms with Gasteiger partial charge in [0, 0.05) is 25.5 Å². The van der Waals surface area contributed by atoms with Crippen molar-refractivity contribution in [1.29, 1.82) is 0 Å². The van der Waals surface area contributed by atoms with E-state index in [1.54, 1.807) is 0 Å². The molecular weight excluding hydrogens is 226 g/mol. The Labute approximate surface area is 100 Å². The van der Waals surface area contributed by atoms with E-state index in [1.807, 2.05) is 13.8 Å². The lowest BCUT2D eigenvalue weighted by Gasteiger charge is -2.26. The molecular formula is C13H18F2O2. The lowest BCUT2D eigenvalue weighted by Crippen LogP contribution is -2.30. The maximum absolute atomic E-state index is 13.3. The molecule has 0 bridgehead atoms. The van der Waals surface area contributed by atoms with Gasteiger partial charge in [0.05, 0.1) is 11.7 Å². The topological polar surface area (TPSA) is 29.5 Å². The van der Waals surface area contributed by atoms with Gasteiger partial charge in [-0.25, -0.2) is 8.78 Å². The van der Waals surface area contributed by atoms with Crippen LogP contribution in [0, 0.1) is 11.6 Å². The zero-order chi connectivity index (χ0) is 13.1. The van der Waals surface area contributed by atoms with Crippen LogP contribution in [-0.2, 0) is 11.2 Å². The molecule has 0 aliphatic carbocycles. The summed E-state index contributed by atoms with van der Waals surface area (Å²) >= 11 is 0. The third kappa shape index (κ3) is 4.06. The maximum Gasteiger partial charge on any atom is 0.129 e. The van der Waals surface area contributed by atoms with Gasteiger partial charge in [0.2, 0.25) is 0 Å². The summed E-state index contributed by atoms with van der Waals surface area (Å²) in [5, 5.41) is 9.80. The molecule has 0 fully saturated rings. The van der Waals surface area contributed by atoms with E-state index in [1.165, 1.54) is 25.3 Å². The van der Waals surface area contributed by atoms with Crippen LogP contribution in [0.5, 0.6) is 0 Å². The second-order valence-electron chi connectivity index (χ2n) is 4.73. The number of hydrogen-bond acceptors (Lipinski definition) is 2. The van der Waals surface area contributed by atoms with Crippen molar-refractivity contribution in [3.05, 3.63) is 35.4 Å². The van der Waals surface area contributed by atoms with Gasteiger partial charge in [-0.1, -0.05) is 6.07 Å². The molecule has 17 heavy (non-hydrogen) atoms. The minimum Gasteiger partial charge on any atom is -0.393 e. The summed E-state index contributed by atoms with van der Waals surface area (Å²) in [6.45, 7) is 3.63. The minimum atomic E-state index is -0.837. The number of methoxy groups -OCH3 is 1. The van der Waals surface area contributed by atoms with Gasteiger partial charge >= 0.3 is 0 Å². The predicted octanol–water partition coefficient (Wildman–Crippen LogP) is 2.68. The Morgan fingerprint density at radius 3 is 2.29 bits per heavy atom. The maximum atomic E-state index is 13.3. The zero-order valence-electron chi connectivity index (χ0n) is 10.3. The van der Waals surface area contributed by atoms with Crippen LogP contribution in [0.25, 0.3) is 0 Å². The monoisotopic (exact) mass is 244 g/mol. The van der Waals surface area contributed by atoms with Crippen molar-refractivity contribution >= 4 is 0 Å². The number of ether oxygens (including phenoxy) is 1. The van der Waals surface area contributed by atoms with E-state index in [2.05, 4.69) is 0 Å². The molecule has 1 atom stereocenters. The second-order valence-corrected chi connectivity index (χ2v) is 4.73. The smallest absolute Gasteiger partial charge is 0.129 e. The van der Waals surface area contributed by atoms with Crippen LogP contribution in [0.4, 0.5) is 8.78 Å². The van der Waals surface area contributed by atoms with E-state index in [4.69, 9.17) is 4.74 Å². The standard InChI is InChI=1S/C13H18F2O2/c1-13(2,17-3)8-9(16)7-10-11(14)5-4-6-12(10)15/h4-6,9,16H,7-8H2,1-3H3. The van der Waals surface area contributed by atoms with Gasteiger partial charge in [-0.3, -0.25) is 0 Å². The fourth-order valence-corrected chi connectivity index (χ4v) is 1.69. The quantitative estimate of drug-likeness (QED) is 0.863. The van der Waals surface area contributed by atoms with Crippen molar-refractivity contribution in [3.63, 3.8) is 0 Å². The summed E-state index contributed by atoms with van der Waals surface area (Å²) < 4.78 is 31.8. The first-order valence-electron chi connectivity index (χ1n) is 5.52. The highest BCUT2D eigenvalue weighted by Crippen LogP contribution is 2.20. The Morgan fingerprint density at radius 2 is 1.82 bits per heavy atom. The van der Waals surface area contributed by atoms with Crippen LogP contribution in [0.2, 0.25) is 0 Å². The molecule has 2 nitrogen and oxygen atoms in total. The van der Waals surface area contributed by atoms with Crippen LogP contribution < -0.4 is 0 Å². The Kier molecular flexibility index (Phi) is 4.60. The predicted molar refractivity (Wildman–Crippen MR) is 61.8 cm³/mol. The number of aliphatic hydroxyl groups is 1. The molecule has 0 amide bonds. The van der Waals surface area contributed by atoms with Gasteiger partial charge in [0.15, 0.2) is 0 Å². The molecule has 4 heteroatoms. The van der Waals surface area contributed by atoms with E-state index >= 15 is 0 Å². The summed E-state index contributed by atoms with van der Waals surface area (Å²) in [7, 11) is 1.54. The van der Waals surface area contributed by atoms with Crippen LogP contribution in [0.3, 0.4) is 0 Å². The number of aliphatic hydroxyl groups excluding tert-OH is 1. The van der Waals surface area contributed by atoms with Gasteiger partial charge in [-0.2, -0.15) is 0 Å². The summed E-state index contributed by atoms with van der Waals surface area (Å²) in [6, 6.07) is 3.68. The summed E-state index contributed by atoms with van der Waals surface area (Å²) in [5.41, 5.74) is -0.590. The normalized spacial score (nSPS) is 13.8. The van der Waals surface area contributed by atoms with E-state index in [9.17, 15) is 13.9 Å². The lowest BCUT2D eigenvalue weighted by atomic mass is 9.96. The van der Waals surface area contributed by atoms with Gasteiger partial charge in [0.1, 0.15) is 11.6 Å². The Hall–Kier alpha value is -1.00. The van der Waals surface area contributed by atoms with Crippen LogP contribution >= 0.6 is 0 Å². The molecule has 0 aliphatic rings. The fourth-order valence-electron chi connectivity index (χ4n) is 1.69. The molecule has 1 unspecified atom stereocenters. The highest BCUT2D eigenvalue weighted by molar-refractivity contribution is 5.20. The van der Waals surface area contributed by atoms with Crippen LogP contribution in [-0.4, -0.2) is 23.9 Å². The SMILES string of the molecule is COC(C)(C)CC(O)Cc1c(F)cccc1F. The first-order chi connectivity index (χ1) is 7.85. The fraction of sp³-hybridized carbons (Fsp3) is 0.538. The zero-order valence-corrected chi connectivity index (χ0v) is 10.3. The molecule has 0 aliphatic heterocycles. The third-order valence-electron chi connectivity index (χ3n) is 2.78. The second kappa shape index (κ2) is 5.56. The minimum absolute atomic E-state index is 0.0503. The van der Waals surface area contributed by atoms with E-state index in [0.717, 1.165) is 0 Å². The summed E-state index contributed by atoms with van der Waals surface area (Å²) in [5.74, 6) is -1.25. The Balaban J connectivity index is 2.72. The molecule has 0 aromatic heterocycles.